The lowest BCUT2D eigenvalue weighted by Crippen LogP contribution is -2.35. The van der Waals surface area contributed by atoms with Crippen molar-refractivity contribution < 1.29 is 14.7 Å². The van der Waals surface area contributed by atoms with Crippen molar-refractivity contribution in [2.24, 2.45) is 0 Å². The highest BCUT2D eigenvalue weighted by atomic mass is 35.5. The zero-order chi connectivity index (χ0) is 15.1. The van der Waals surface area contributed by atoms with Crippen molar-refractivity contribution in [3.63, 3.8) is 0 Å². The van der Waals surface area contributed by atoms with Gasteiger partial charge in [-0.15, -0.1) is 0 Å². The lowest BCUT2D eigenvalue weighted by atomic mass is 10.2. The van der Waals surface area contributed by atoms with Gasteiger partial charge in [0.15, 0.2) is 0 Å². The molecule has 0 radical (unpaired) electrons. The Kier molecular flexibility index (Phi) is 6.27. The summed E-state index contributed by atoms with van der Waals surface area (Å²) < 4.78 is 0. The standard InChI is InChI=1S/C13H18ClN3O3/c1-3-17(2)7-6-15-13(20)16-9-4-5-11(14)10(8-9)12(18)19/h4-5,8H,3,6-7H2,1-2H3,(H,18,19)(H2,15,16,20). The second-order valence-corrected chi connectivity index (χ2v) is 4.68. The van der Waals surface area contributed by atoms with Gasteiger partial charge in [-0.1, -0.05) is 18.5 Å². The normalized spacial score (nSPS) is 10.4. The molecule has 6 nitrogen and oxygen atoms in total. The van der Waals surface area contributed by atoms with Crippen molar-refractivity contribution in [1.82, 2.24) is 10.2 Å². The van der Waals surface area contributed by atoms with Gasteiger partial charge in [0, 0.05) is 18.8 Å². The highest BCUT2D eigenvalue weighted by molar-refractivity contribution is 6.33. The van der Waals surface area contributed by atoms with Gasteiger partial charge < -0.3 is 20.6 Å². The number of rotatable bonds is 6. The van der Waals surface area contributed by atoms with Gasteiger partial charge in [0.25, 0.3) is 0 Å². The molecule has 3 N–H and O–H groups in total. The van der Waals surface area contributed by atoms with Crippen LogP contribution in [-0.2, 0) is 0 Å². The van der Waals surface area contributed by atoms with Crippen molar-refractivity contribution in [2.75, 3.05) is 32.0 Å². The van der Waals surface area contributed by atoms with Gasteiger partial charge in [0.05, 0.1) is 10.6 Å². The van der Waals surface area contributed by atoms with Crippen molar-refractivity contribution >= 4 is 29.3 Å². The largest absolute Gasteiger partial charge is 0.478 e. The molecule has 0 unspecified atom stereocenters. The predicted octanol–water partition coefficient (Wildman–Crippen LogP) is 2.11. The zero-order valence-corrected chi connectivity index (χ0v) is 12.2. The molecular formula is C13H18ClN3O3. The fraction of sp³-hybridized carbons (Fsp3) is 0.385. The summed E-state index contributed by atoms with van der Waals surface area (Å²) >= 11 is 5.75. The second-order valence-electron chi connectivity index (χ2n) is 4.28. The summed E-state index contributed by atoms with van der Waals surface area (Å²) in [6, 6.07) is 3.92. The van der Waals surface area contributed by atoms with E-state index in [0.29, 0.717) is 12.2 Å². The van der Waals surface area contributed by atoms with E-state index in [1.807, 2.05) is 14.0 Å². The first-order valence-electron chi connectivity index (χ1n) is 6.20. The molecule has 20 heavy (non-hydrogen) atoms. The van der Waals surface area contributed by atoms with E-state index in [0.717, 1.165) is 13.1 Å². The Morgan fingerprint density at radius 1 is 1.40 bits per heavy atom. The molecule has 0 spiro atoms. The molecule has 0 atom stereocenters. The van der Waals surface area contributed by atoms with E-state index in [1.54, 1.807) is 6.07 Å². The quantitative estimate of drug-likeness (QED) is 0.751. The van der Waals surface area contributed by atoms with Crippen LogP contribution in [-0.4, -0.2) is 48.7 Å². The molecular weight excluding hydrogens is 282 g/mol. The molecule has 0 fully saturated rings. The smallest absolute Gasteiger partial charge is 0.337 e. The maximum absolute atomic E-state index is 11.6. The summed E-state index contributed by atoms with van der Waals surface area (Å²) in [5.74, 6) is -1.14. The van der Waals surface area contributed by atoms with Crippen molar-refractivity contribution in [2.45, 2.75) is 6.92 Å². The Labute approximate surface area is 122 Å². The van der Waals surface area contributed by atoms with Crippen LogP contribution in [0.2, 0.25) is 5.02 Å². The molecule has 0 aromatic heterocycles. The number of amides is 2. The lowest BCUT2D eigenvalue weighted by Gasteiger charge is -2.14. The second kappa shape index (κ2) is 7.72. The van der Waals surface area contributed by atoms with E-state index >= 15 is 0 Å². The van der Waals surface area contributed by atoms with Crippen LogP contribution in [0.25, 0.3) is 0 Å². The average molecular weight is 300 g/mol. The van der Waals surface area contributed by atoms with Gasteiger partial charge in [0.1, 0.15) is 0 Å². The number of likely N-dealkylation sites (N-methyl/N-ethyl adjacent to an activating group) is 1. The third-order valence-electron chi connectivity index (χ3n) is 2.77. The van der Waals surface area contributed by atoms with Gasteiger partial charge in [-0.05, 0) is 31.8 Å². The van der Waals surface area contributed by atoms with Crippen LogP contribution in [0.5, 0.6) is 0 Å². The third-order valence-corrected chi connectivity index (χ3v) is 3.10. The summed E-state index contributed by atoms with van der Waals surface area (Å²) in [5.41, 5.74) is 0.336. The van der Waals surface area contributed by atoms with Gasteiger partial charge in [-0.2, -0.15) is 0 Å². The number of nitrogens with zero attached hydrogens (tertiary/aromatic N) is 1. The minimum atomic E-state index is -1.14. The molecule has 7 heteroatoms. The van der Waals surface area contributed by atoms with E-state index < -0.39 is 5.97 Å². The van der Waals surface area contributed by atoms with Crippen molar-refractivity contribution in [3.8, 4) is 0 Å². The van der Waals surface area contributed by atoms with Crippen LogP contribution in [0, 0.1) is 0 Å². The summed E-state index contributed by atoms with van der Waals surface area (Å²) in [6.07, 6.45) is 0. The fourth-order valence-corrected chi connectivity index (χ4v) is 1.66. The molecule has 2 amide bonds. The Hall–Kier alpha value is -1.79. The Morgan fingerprint density at radius 3 is 2.70 bits per heavy atom. The first kappa shape index (κ1) is 16.3. The van der Waals surface area contributed by atoms with E-state index in [2.05, 4.69) is 15.5 Å². The van der Waals surface area contributed by atoms with Crippen LogP contribution in [0.15, 0.2) is 18.2 Å². The number of hydrogen-bond acceptors (Lipinski definition) is 3. The molecule has 1 rings (SSSR count). The van der Waals surface area contributed by atoms with Gasteiger partial charge in [-0.25, -0.2) is 9.59 Å². The maximum atomic E-state index is 11.6. The van der Waals surface area contributed by atoms with E-state index in [9.17, 15) is 9.59 Å². The first-order valence-corrected chi connectivity index (χ1v) is 6.58. The van der Waals surface area contributed by atoms with E-state index in [1.165, 1.54) is 12.1 Å². The molecule has 0 saturated carbocycles. The first-order chi connectivity index (χ1) is 9.43. The molecule has 0 heterocycles. The van der Waals surface area contributed by atoms with Crippen LogP contribution < -0.4 is 10.6 Å². The molecule has 0 bridgehead atoms. The number of carbonyl (C=O) groups is 2. The van der Waals surface area contributed by atoms with Gasteiger partial charge >= 0.3 is 12.0 Å². The SMILES string of the molecule is CCN(C)CCNC(=O)Nc1ccc(Cl)c(C(=O)O)c1. The topological polar surface area (TPSA) is 81.7 Å². The fourth-order valence-electron chi connectivity index (χ4n) is 1.46. The Morgan fingerprint density at radius 2 is 2.10 bits per heavy atom. The summed E-state index contributed by atoms with van der Waals surface area (Å²) in [4.78, 5) is 24.6. The molecule has 0 aliphatic heterocycles. The summed E-state index contributed by atoms with van der Waals surface area (Å²) in [6.45, 7) is 4.18. The van der Waals surface area contributed by atoms with E-state index in [-0.39, 0.29) is 16.6 Å². The van der Waals surface area contributed by atoms with Crippen LogP contribution in [0.4, 0.5) is 10.5 Å². The number of carboxylic acids is 1. The number of carboxylic acid groups (broad SMARTS) is 1. The zero-order valence-electron chi connectivity index (χ0n) is 11.4. The number of benzene rings is 1. The lowest BCUT2D eigenvalue weighted by molar-refractivity contribution is 0.0697. The summed E-state index contributed by atoms with van der Waals surface area (Å²) in [5, 5.41) is 14.3. The molecule has 1 aromatic carbocycles. The number of hydrogen-bond donors (Lipinski definition) is 3. The molecule has 110 valence electrons. The van der Waals surface area contributed by atoms with Crippen molar-refractivity contribution in [1.29, 1.82) is 0 Å². The molecule has 0 aliphatic carbocycles. The van der Waals surface area contributed by atoms with Crippen LogP contribution >= 0.6 is 11.6 Å². The molecule has 0 aliphatic rings. The predicted molar refractivity (Wildman–Crippen MR) is 78.6 cm³/mol. The monoisotopic (exact) mass is 299 g/mol. The highest BCUT2D eigenvalue weighted by Crippen LogP contribution is 2.20. The average Bonchev–Trinajstić information content (AvgIpc) is 2.40. The number of halogens is 1. The number of urea groups is 1. The third kappa shape index (κ3) is 5.07. The Bertz CT molecular complexity index is 494. The van der Waals surface area contributed by atoms with Crippen LogP contribution in [0.3, 0.4) is 0 Å². The van der Waals surface area contributed by atoms with Crippen LogP contribution in [0.1, 0.15) is 17.3 Å². The molecule has 0 saturated heterocycles. The maximum Gasteiger partial charge on any atom is 0.337 e. The Balaban J connectivity index is 2.54. The number of anilines is 1. The van der Waals surface area contributed by atoms with Gasteiger partial charge in [-0.3, -0.25) is 0 Å². The summed E-state index contributed by atoms with van der Waals surface area (Å²) in [7, 11) is 1.96. The number of aromatic carboxylic acids is 1. The number of carbonyl (C=O) groups excluding carboxylic acids is 1. The number of nitrogens with one attached hydrogen (secondary N) is 2. The minimum absolute atomic E-state index is 0.0461. The molecule has 1 aromatic rings. The van der Waals surface area contributed by atoms with Gasteiger partial charge in [0.2, 0.25) is 0 Å². The highest BCUT2D eigenvalue weighted by Gasteiger charge is 2.10. The van der Waals surface area contributed by atoms with E-state index in [4.69, 9.17) is 16.7 Å². The minimum Gasteiger partial charge on any atom is -0.478 e. The van der Waals surface area contributed by atoms with Crippen molar-refractivity contribution in [3.05, 3.63) is 28.8 Å².